The van der Waals surface area contributed by atoms with Gasteiger partial charge in [-0.2, -0.15) is 10.2 Å². The van der Waals surface area contributed by atoms with Crippen LogP contribution in [0.2, 0.25) is 0 Å². The number of amides is 1. The molecular weight excluding hydrogens is 230 g/mol. The zero-order chi connectivity index (χ0) is 13.1. The largest absolute Gasteiger partial charge is 0.393 e. The van der Waals surface area contributed by atoms with Gasteiger partial charge in [-0.15, -0.1) is 0 Å². The van der Waals surface area contributed by atoms with Gasteiger partial charge in [-0.3, -0.25) is 4.79 Å². The van der Waals surface area contributed by atoms with Crippen LogP contribution in [-0.4, -0.2) is 33.9 Å². The Hall–Kier alpha value is -1.49. The Balaban J connectivity index is 1.93. The summed E-state index contributed by atoms with van der Waals surface area (Å²) >= 11 is 0. The van der Waals surface area contributed by atoms with E-state index in [2.05, 4.69) is 15.5 Å². The van der Waals surface area contributed by atoms with Gasteiger partial charge < -0.3 is 10.4 Å². The smallest absolute Gasteiger partial charge is 0.253 e. The third-order valence-corrected chi connectivity index (χ3v) is 3.41. The summed E-state index contributed by atoms with van der Waals surface area (Å²) in [6.07, 6.45) is 2.41. The summed E-state index contributed by atoms with van der Waals surface area (Å²) in [5.74, 6) is 0.284. The molecule has 0 aliphatic heterocycles. The maximum atomic E-state index is 12.0. The van der Waals surface area contributed by atoms with Crippen molar-refractivity contribution in [1.29, 1.82) is 0 Å². The first kappa shape index (κ1) is 13.0. The maximum absolute atomic E-state index is 12.0. The topological polar surface area (TPSA) is 75.1 Å². The highest BCUT2D eigenvalue weighted by molar-refractivity contribution is 5.95. The molecule has 1 amide bonds. The van der Waals surface area contributed by atoms with Crippen LogP contribution in [0.25, 0.3) is 0 Å². The number of aliphatic hydroxyl groups excluding tert-OH is 1. The van der Waals surface area contributed by atoms with Gasteiger partial charge in [0.05, 0.1) is 23.1 Å². The van der Waals surface area contributed by atoms with Crippen LogP contribution in [0.3, 0.4) is 0 Å². The first-order valence-corrected chi connectivity index (χ1v) is 6.33. The number of hydrogen-bond acceptors (Lipinski definition) is 4. The molecule has 2 unspecified atom stereocenters. The van der Waals surface area contributed by atoms with E-state index in [4.69, 9.17) is 0 Å². The Morgan fingerprint density at radius 2 is 2.22 bits per heavy atom. The van der Waals surface area contributed by atoms with E-state index in [-0.39, 0.29) is 12.0 Å². The van der Waals surface area contributed by atoms with Gasteiger partial charge in [0.1, 0.15) is 0 Å². The Labute approximate surface area is 107 Å². The highest BCUT2D eigenvalue weighted by Gasteiger charge is 2.23. The number of hydrogen-bond donors (Lipinski definition) is 2. The lowest BCUT2D eigenvalue weighted by atomic mass is 10.1. The standard InChI is InChI=1S/C13H19N3O2/c1-8-5-12(9(2)16-15-8)13(18)14-7-10-3-4-11(17)6-10/h5,10-11,17H,3-4,6-7H2,1-2H3,(H,14,18). The summed E-state index contributed by atoms with van der Waals surface area (Å²) in [6.45, 7) is 4.22. The molecule has 1 aliphatic rings. The average Bonchev–Trinajstić information content (AvgIpc) is 2.75. The molecular formula is C13H19N3O2. The van der Waals surface area contributed by atoms with E-state index in [0.717, 1.165) is 25.0 Å². The second-order valence-corrected chi connectivity index (χ2v) is 5.03. The van der Waals surface area contributed by atoms with Gasteiger partial charge in [-0.05, 0) is 45.1 Å². The second-order valence-electron chi connectivity index (χ2n) is 5.03. The number of carbonyl (C=O) groups excluding carboxylic acids is 1. The van der Waals surface area contributed by atoms with Crippen LogP contribution in [0.4, 0.5) is 0 Å². The quantitative estimate of drug-likeness (QED) is 0.837. The molecule has 0 bridgehead atoms. The Kier molecular flexibility index (Phi) is 3.91. The van der Waals surface area contributed by atoms with Crippen LogP contribution in [-0.2, 0) is 0 Å². The summed E-state index contributed by atoms with van der Waals surface area (Å²) in [4.78, 5) is 12.0. The fourth-order valence-corrected chi connectivity index (χ4v) is 2.35. The van der Waals surface area contributed by atoms with Gasteiger partial charge in [0.25, 0.3) is 5.91 Å². The van der Waals surface area contributed by atoms with Crippen LogP contribution in [0, 0.1) is 19.8 Å². The lowest BCUT2D eigenvalue weighted by Gasteiger charge is -2.11. The second kappa shape index (κ2) is 5.44. The summed E-state index contributed by atoms with van der Waals surface area (Å²) in [5, 5.41) is 20.2. The van der Waals surface area contributed by atoms with Crippen molar-refractivity contribution in [3.05, 3.63) is 23.0 Å². The lowest BCUT2D eigenvalue weighted by molar-refractivity contribution is 0.0943. The summed E-state index contributed by atoms with van der Waals surface area (Å²) < 4.78 is 0. The van der Waals surface area contributed by atoms with E-state index in [1.165, 1.54) is 0 Å². The van der Waals surface area contributed by atoms with Gasteiger partial charge in [-0.1, -0.05) is 0 Å². The molecule has 0 spiro atoms. The molecule has 1 heterocycles. The van der Waals surface area contributed by atoms with E-state index in [1.54, 1.807) is 13.0 Å². The zero-order valence-corrected chi connectivity index (χ0v) is 10.8. The van der Waals surface area contributed by atoms with Crippen LogP contribution in [0.1, 0.15) is 41.0 Å². The summed E-state index contributed by atoms with van der Waals surface area (Å²) in [5.41, 5.74) is 1.97. The van der Waals surface area contributed by atoms with Crippen molar-refractivity contribution in [1.82, 2.24) is 15.5 Å². The fourth-order valence-electron chi connectivity index (χ4n) is 2.35. The van der Waals surface area contributed by atoms with Crippen LogP contribution in [0.5, 0.6) is 0 Å². The lowest BCUT2D eigenvalue weighted by Crippen LogP contribution is -2.29. The van der Waals surface area contributed by atoms with Crippen LogP contribution >= 0.6 is 0 Å². The predicted molar refractivity (Wildman–Crippen MR) is 67.2 cm³/mol. The van der Waals surface area contributed by atoms with Crippen molar-refractivity contribution in [2.75, 3.05) is 6.54 Å². The first-order chi connectivity index (χ1) is 8.56. The fraction of sp³-hybridized carbons (Fsp3) is 0.615. The van der Waals surface area contributed by atoms with E-state index >= 15 is 0 Å². The van der Waals surface area contributed by atoms with Crippen molar-refractivity contribution in [3.8, 4) is 0 Å². The van der Waals surface area contributed by atoms with Gasteiger partial charge in [-0.25, -0.2) is 0 Å². The number of aryl methyl sites for hydroxylation is 2. The molecule has 1 aliphatic carbocycles. The van der Waals surface area contributed by atoms with Crippen molar-refractivity contribution in [2.24, 2.45) is 5.92 Å². The SMILES string of the molecule is Cc1cc(C(=O)NCC2CCC(O)C2)c(C)nn1. The third-order valence-electron chi connectivity index (χ3n) is 3.41. The van der Waals surface area contributed by atoms with E-state index < -0.39 is 0 Å². The highest BCUT2D eigenvalue weighted by Crippen LogP contribution is 2.24. The number of aromatic nitrogens is 2. The molecule has 2 atom stereocenters. The van der Waals surface area contributed by atoms with Gasteiger partial charge >= 0.3 is 0 Å². The molecule has 1 aromatic rings. The molecule has 1 aromatic heterocycles. The van der Waals surface area contributed by atoms with Gasteiger partial charge in [0.2, 0.25) is 0 Å². The molecule has 5 heteroatoms. The van der Waals surface area contributed by atoms with Crippen LogP contribution < -0.4 is 5.32 Å². The minimum Gasteiger partial charge on any atom is -0.393 e. The average molecular weight is 249 g/mol. The van der Waals surface area contributed by atoms with Gasteiger partial charge in [0.15, 0.2) is 0 Å². The van der Waals surface area contributed by atoms with Crippen molar-refractivity contribution < 1.29 is 9.90 Å². The van der Waals surface area contributed by atoms with Crippen molar-refractivity contribution in [2.45, 2.75) is 39.2 Å². The van der Waals surface area contributed by atoms with Gasteiger partial charge in [0, 0.05) is 6.54 Å². The molecule has 0 radical (unpaired) electrons. The molecule has 0 aromatic carbocycles. The molecule has 18 heavy (non-hydrogen) atoms. The number of aliphatic hydroxyl groups is 1. The molecule has 2 rings (SSSR count). The van der Waals surface area contributed by atoms with E-state index in [0.29, 0.717) is 23.7 Å². The summed E-state index contributed by atoms with van der Waals surface area (Å²) in [7, 11) is 0. The molecule has 2 N–H and O–H groups in total. The number of carbonyl (C=O) groups is 1. The number of rotatable bonds is 3. The molecule has 1 fully saturated rings. The molecule has 0 saturated heterocycles. The molecule has 1 saturated carbocycles. The maximum Gasteiger partial charge on any atom is 0.253 e. The normalized spacial score (nSPS) is 23.1. The predicted octanol–water partition coefficient (Wildman–Crippen LogP) is 0.984. The summed E-state index contributed by atoms with van der Waals surface area (Å²) in [6, 6.07) is 1.75. The zero-order valence-electron chi connectivity index (χ0n) is 10.8. The minimum absolute atomic E-state index is 0.105. The number of nitrogens with zero attached hydrogens (tertiary/aromatic N) is 2. The molecule has 98 valence electrons. The van der Waals surface area contributed by atoms with E-state index in [9.17, 15) is 9.90 Å². The Bertz CT molecular complexity index is 448. The number of nitrogens with one attached hydrogen (secondary N) is 1. The van der Waals surface area contributed by atoms with E-state index in [1.807, 2.05) is 6.92 Å². The first-order valence-electron chi connectivity index (χ1n) is 6.33. The Morgan fingerprint density at radius 3 is 2.89 bits per heavy atom. The third kappa shape index (κ3) is 3.04. The van der Waals surface area contributed by atoms with Crippen molar-refractivity contribution in [3.63, 3.8) is 0 Å². The monoisotopic (exact) mass is 249 g/mol. The Morgan fingerprint density at radius 1 is 1.44 bits per heavy atom. The minimum atomic E-state index is -0.196. The highest BCUT2D eigenvalue weighted by atomic mass is 16.3. The van der Waals surface area contributed by atoms with Crippen molar-refractivity contribution >= 4 is 5.91 Å². The molecule has 5 nitrogen and oxygen atoms in total. The van der Waals surface area contributed by atoms with Crippen LogP contribution in [0.15, 0.2) is 6.07 Å².